The van der Waals surface area contributed by atoms with Crippen molar-refractivity contribution in [3.05, 3.63) is 52.9 Å². The zero-order valence-corrected chi connectivity index (χ0v) is 11.9. The summed E-state index contributed by atoms with van der Waals surface area (Å²) in [5, 5.41) is 6.59. The van der Waals surface area contributed by atoms with Gasteiger partial charge in [-0.2, -0.15) is 5.10 Å². The number of hydrogen-bond donors (Lipinski definition) is 1. The van der Waals surface area contributed by atoms with Gasteiger partial charge in [-0.25, -0.2) is 8.78 Å². The van der Waals surface area contributed by atoms with Gasteiger partial charge in [-0.15, -0.1) is 0 Å². The third-order valence-electron chi connectivity index (χ3n) is 3.16. The lowest BCUT2D eigenvalue weighted by molar-refractivity contribution is -0.111. The lowest BCUT2D eigenvalue weighted by Gasteiger charge is -2.03. The van der Waals surface area contributed by atoms with Crippen LogP contribution in [0.1, 0.15) is 17.0 Å². The summed E-state index contributed by atoms with van der Waals surface area (Å²) in [6.07, 6.45) is 2.91. The van der Waals surface area contributed by atoms with Gasteiger partial charge in [0.25, 0.3) is 0 Å². The molecule has 0 aliphatic rings. The molecule has 4 nitrogen and oxygen atoms in total. The maximum Gasteiger partial charge on any atom is 0.248 e. The van der Waals surface area contributed by atoms with Crippen LogP contribution in [0.5, 0.6) is 0 Å². The van der Waals surface area contributed by atoms with E-state index in [2.05, 4.69) is 10.4 Å². The maximum atomic E-state index is 13.4. The molecule has 0 saturated carbocycles. The predicted molar refractivity (Wildman–Crippen MR) is 76.7 cm³/mol. The van der Waals surface area contributed by atoms with Gasteiger partial charge < -0.3 is 5.32 Å². The Morgan fingerprint density at radius 1 is 1.33 bits per heavy atom. The summed E-state index contributed by atoms with van der Waals surface area (Å²) in [6.45, 7) is 3.72. The highest BCUT2D eigenvalue weighted by molar-refractivity contribution is 6.02. The molecule has 0 bridgehead atoms. The zero-order chi connectivity index (χ0) is 15.6. The van der Waals surface area contributed by atoms with Gasteiger partial charge in [-0.1, -0.05) is 0 Å². The first-order valence-electron chi connectivity index (χ1n) is 6.33. The Labute approximate surface area is 121 Å². The van der Waals surface area contributed by atoms with Crippen LogP contribution >= 0.6 is 0 Å². The van der Waals surface area contributed by atoms with E-state index in [0.717, 1.165) is 29.1 Å². The molecule has 0 unspecified atom stereocenters. The Balaban J connectivity index is 2.13. The van der Waals surface area contributed by atoms with E-state index in [4.69, 9.17) is 0 Å². The minimum atomic E-state index is -0.814. The van der Waals surface area contributed by atoms with E-state index in [1.807, 2.05) is 20.9 Å². The minimum absolute atomic E-state index is 0.0642. The van der Waals surface area contributed by atoms with Crippen LogP contribution in [0.4, 0.5) is 14.5 Å². The highest BCUT2D eigenvalue weighted by atomic mass is 19.1. The molecule has 1 N–H and O–H groups in total. The van der Waals surface area contributed by atoms with Gasteiger partial charge in [0, 0.05) is 30.4 Å². The SMILES string of the molecule is Cc1nn(C)c(C)c1/C=C/C(=O)Nc1ccc(F)cc1F. The molecule has 0 aliphatic heterocycles. The second kappa shape index (κ2) is 5.87. The largest absolute Gasteiger partial charge is 0.320 e. The summed E-state index contributed by atoms with van der Waals surface area (Å²) in [7, 11) is 1.81. The number of nitrogens with one attached hydrogen (secondary N) is 1. The lowest BCUT2D eigenvalue weighted by atomic mass is 10.2. The number of carbonyl (C=O) groups is 1. The van der Waals surface area contributed by atoms with Gasteiger partial charge in [0.1, 0.15) is 11.6 Å². The van der Waals surface area contributed by atoms with Crippen molar-refractivity contribution in [2.24, 2.45) is 7.05 Å². The summed E-state index contributed by atoms with van der Waals surface area (Å²) in [4.78, 5) is 11.8. The van der Waals surface area contributed by atoms with E-state index in [9.17, 15) is 13.6 Å². The van der Waals surface area contributed by atoms with Crippen LogP contribution in [0.3, 0.4) is 0 Å². The number of nitrogens with zero attached hydrogens (tertiary/aromatic N) is 2. The van der Waals surface area contributed by atoms with Gasteiger partial charge in [0.15, 0.2) is 0 Å². The smallest absolute Gasteiger partial charge is 0.248 e. The third kappa shape index (κ3) is 3.34. The van der Waals surface area contributed by atoms with Crippen molar-refractivity contribution in [1.29, 1.82) is 0 Å². The van der Waals surface area contributed by atoms with Crippen molar-refractivity contribution in [2.75, 3.05) is 5.32 Å². The Morgan fingerprint density at radius 2 is 2.05 bits per heavy atom. The zero-order valence-electron chi connectivity index (χ0n) is 11.9. The molecule has 6 heteroatoms. The van der Waals surface area contributed by atoms with Crippen LogP contribution in [0.15, 0.2) is 24.3 Å². The summed E-state index contributed by atoms with van der Waals surface area (Å²) in [5.74, 6) is -2.00. The first kappa shape index (κ1) is 14.9. The second-order valence-electron chi connectivity index (χ2n) is 4.65. The molecule has 0 saturated heterocycles. The van der Waals surface area contributed by atoms with Crippen molar-refractivity contribution in [3.8, 4) is 0 Å². The van der Waals surface area contributed by atoms with E-state index in [1.54, 1.807) is 10.8 Å². The molecular weight excluding hydrogens is 276 g/mol. The number of benzene rings is 1. The second-order valence-corrected chi connectivity index (χ2v) is 4.65. The standard InChI is InChI=1S/C15H15F2N3O/c1-9-12(10(2)20(3)19-9)5-7-15(21)18-14-6-4-11(16)8-13(14)17/h4-8H,1-3H3,(H,18,21)/b7-5+. The molecule has 0 atom stereocenters. The molecule has 0 aliphatic carbocycles. The molecule has 1 heterocycles. The van der Waals surface area contributed by atoms with Crippen molar-refractivity contribution in [3.63, 3.8) is 0 Å². The average molecular weight is 291 g/mol. The molecule has 0 fully saturated rings. The maximum absolute atomic E-state index is 13.4. The van der Waals surface area contributed by atoms with Crippen LogP contribution < -0.4 is 5.32 Å². The monoisotopic (exact) mass is 291 g/mol. The Morgan fingerprint density at radius 3 is 2.62 bits per heavy atom. The molecular formula is C15H15F2N3O. The van der Waals surface area contributed by atoms with Crippen molar-refractivity contribution in [2.45, 2.75) is 13.8 Å². The van der Waals surface area contributed by atoms with Crippen molar-refractivity contribution >= 4 is 17.7 Å². The highest BCUT2D eigenvalue weighted by Gasteiger charge is 2.08. The first-order valence-corrected chi connectivity index (χ1v) is 6.33. The summed E-state index contributed by atoms with van der Waals surface area (Å²) >= 11 is 0. The molecule has 110 valence electrons. The molecule has 0 spiro atoms. The van der Waals surface area contributed by atoms with Crippen LogP contribution in [0.25, 0.3) is 6.08 Å². The Kier molecular flexibility index (Phi) is 4.16. The van der Waals surface area contributed by atoms with Gasteiger partial charge >= 0.3 is 0 Å². The number of carbonyl (C=O) groups excluding carboxylic acids is 1. The fourth-order valence-corrected chi connectivity index (χ4v) is 1.96. The Hall–Kier alpha value is -2.50. The van der Waals surface area contributed by atoms with Crippen molar-refractivity contribution < 1.29 is 13.6 Å². The van der Waals surface area contributed by atoms with E-state index in [-0.39, 0.29) is 5.69 Å². The molecule has 1 aromatic heterocycles. The van der Waals surface area contributed by atoms with Gasteiger partial charge in [0.05, 0.1) is 11.4 Å². The van der Waals surface area contributed by atoms with Crippen molar-refractivity contribution in [1.82, 2.24) is 9.78 Å². The number of aromatic nitrogens is 2. The molecule has 2 rings (SSSR count). The fraction of sp³-hybridized carbons (Fsp3) is 0.200. The fourth-order valence-electron chi connectivity index (χ4n) is 1.96. The number of amides is 1. The topological polar surface area (TPSA) is 46.9 Å². The van der Waals surface area contributed by atoms with Crippen LogP contribution in [-0.4, -0.2) is 15.7 Å². The number of halogens is 2. The molecule has 2 aromatic rings. The predicted octanol–water partition coefficient (Wildman–Crippen LogP) is 2.97. The number of anilines is 1. The van der Waals surface area contributed by atoms with E-state index >= 15 is 0 Å². The van der Waals surface area contributed by atoms with E-state index < -0.39 is 17.5 Å². The van der Waals surface area contributed by atoms with Crippen LogP contribution in [0, 0.1) is 25.5 Å². The summed E-state index contributed by atoms with van der Waals surface area (Å²) in [5.41, 5.74) is 2.49. The van der Waals surface area contributed by atoms with Gasteiger partial charge in [-0.05, 0) is 32.1 Å². The number of aryl methyl sites for hydroxylation is 2. The van der Waals surface area contributed by atoms with Gasteiger partial charge in [-0.3, -0.25) is 9.48 Å². The normalized spacial score (nSPS) is 11.1. The third-order valence-corrected chi connectivity index (χ3v) is 3.16. The number of rotatable bonds is 3. The average Bonchev–Trinajstić information content (AvgIpc) is 2.65. The molecule has 1 aromatic carbocycles. The lowest BCUT2D eigenvalue weighted by Crippen LogP contribution is -2.09. The van der Waals surface area contributed by atoms with Crippen LogP contribution in [0.2, 0.25) is 0 Å². The van der Waals surface area contributed by atoms with E-state index in [1.165, 1.54) is 12.1 Å². The number of hydrogen-bond acceptors (Lipinski definition) is 2. The Bertz CT molecular complexity index is 720. The molecule has 21 heavy (non-hydrogen) atoms. The highest BCUT2D eigenvalue weighted by Crippen LogP contribution is 2.16. The summed E-state index contributed by atoms with van der Waals surface area (Å²) < 4.78 is 27.9. The summed E-state index contributed by atoms with van der Waals surface area (Å²) in [6, 6.07) is 2.98. The quantitative estimate of drug-likeness (QED) is 0.884. The molecule has 0 radical (unpaired) electrons. The van der Waals surface area contributed by atoms with E-state index in [0.29, 0.717) is 0 Å². The van der Waals surface area contributed by atoms with Crippen LogP contribution in [-0.2, 0) is 11.8 Å². The van der Waals surface area contributed by atoms with Gasteiger partial charge in [0.2, 0.25) is 5.91 Å². The minimum Gasteiger partial charge on any atom is -0.320 e. The first-order chi connectivity index (χ1) is 9.88. The molecule has 1 amide bonds.